The van der Waals surface area contributed by atoms with Crippen molar-refractivity contribution < 1.29 is 4.79 Å². The van der Waals surface area contributed by atoms with Crippen molar-refractivity contribution in [1.29, 1.82) is 0 Å². The second kappa shape index (κ2) is 4.23. The van der Waals surface area contributed by atoms with Crippen LogP contribution in [-0.2, 0) is 4.79 Å². The Hall–Kier alpha value is -0.370. The Bertz CT molecular complexity index is 183. The number of nitrogens with one attached hydrogen (secondary N) is 1. The third kappa shape index (κ3) is 3.11. The van der Waals surface area contributed by atoms with Gasteiger partial charge in [-0.2, -0.15) is 0 Å². The molecule has 2 nitrogen and oxygen atoms in total. The van der Waals surface area contributed by atoms with Gasteiger partial charge in [-0.05, 0) is 31.2 Å². The number of hydrogen-bond acceptors (Lipinski definition) is 2. The number of hydrogen-bond donors (Lipinski definition) is 1. The Morgan fingerprint density at radius 1 is 1.15 bits per heavy atom. The molecule has 2 rings (SSSR count). The van der Waals surface area contributed by atoms with E-state index in [9.17, 15) is 4.79 Å². The van der Waals surface area contributed by atoms with Crippen molar-refractivity contribution in [3.63, 3.8) is 0 Å². The molecule has 0 amide bonds. The molecule has 0 heterocycles. The fraction of sp³-hybridized carbons (Fsp3) is 0.909. The number of carbonyl (C=O) groups excluding carboxylic acids is 1. The Morgan fingerprint density at radius 3 is 2.46 bits per heavy atom. The molecule has 2 saturated carbocycles. The molecular formula is C11H19NO. The molecule has 0 atom stereocenters. The lowest BCUT2D eigenvalue weighted by Gasteiger charge is -2.24. The first kappa shape index (κ1) is 9.20. The summed E-state index contributed by atoms with van der Waals surface area (Å²) in [5, 5.41) is 3.25. The largest absolute Gasteiger partial charge is 0.310 e. The van der Waals surface area contributed by atoms with Crippen LogP contribution in [-0.4, -0.2) is 18.9 Å². The molecule has 0 aromatic carbocycles. The highest BCUT2D eigenvalue weighted by molar-refractivity contribution is 5.80. The Morgan fingerprint density at radius 2 is 1.92 bits per heavy atom. The summed E-state index contributed by atoms with van der Waals surface area (Å²) in [6.45, 7) is 1.68. The molecule has 74 valence electrons. The minimum atomic E-state index is 0.422. The summed E-state index contributed by atoms with van der Waals surface area (Å²) in [5.74, 6) is 2.04. The monoisotopic (exact) mass is 181 g/mol. The van der Waals surface area contributed by atoms with Crippen molar-refractivity contribution in [3.8, 4) is 0 Å². The van der Waals surface area contributed by atoms with Crippen LogP contribution >= 0.6 is 0 Å². The standard InChI is InChI=1S/C11H19NO/c13-11(6-9-2-1-3-9)8-12-7-10-4-5-10/h9-10,12H,1-8H2. The van der Waals surface area contributed by atoms with Crippen molar-refractivity contribution in [2.24, 2.45) is 11.8 Å². The first-order chi connectivity index (χ1) is 6.34. The molecule has 2 fully saturated rings. The van der Waals surface area contributed by atoms with Crippen LogP contribution in [0.15, 0.2) is 0 Å². The summed E-state index contributed by atoms with van der Waals surface area (Å²) in [7, 11) is 0. The molecule has 2 heteroatoms. The maximum atomic E-state index is 11.4. The van der Waals surface area contributed by atoms with Gasteiger partial charge in [-0.15, -0.1) is 0 Å². The zero-order chi connectivity index (χ0) is 9.10. The van der Waals surface area contributed by atoms with E-state index in [2.05, 4.69) is 5.32 Å². The summed E-state index contributed by atoms with van der Waals surface area (Å²) in [4.78, 5) is 11.4. The number of ketones is 1. The zero-order valence-electron chi connectivity index (χ0n) is 8.22. The van der Waals surface area contributed by atoms with Crippen LogP contribution in [0, 0.1) is 11.8 Å². The second-order valence-electron chi connectivity index (χ2n) is 4.61. The van der Waals surface area contributed by atoms with Gasteiger partial charge in [-0.3, -0.25) is 4.79 Å². The van der Waals surface area contributed by atoms with Crippen molar-refractivity contribution in [3.05, 3.63) is 0 Å². The third-order valence-electron chi connectivity index (χ3n) is 3.19. The van der Waals surface area contributed by atoms with Crippen molar-refractivity contribution in [2.45, 2.75) is 38.5 Å². The van der Waals surface area contributed by atoms with Gasteiger partial charge in [0.1, 0.15) is 5.78 Å². The van der Waals surface area contributed by atoms with E-state index in [1.807, 2.05) is 0 Å². The molecule has 13 heavy (non-hydrogen) atoms. The average Bonchev–Trinajstić information content (AvgIpc) is 2.81. The SMILES string of the molecule is O=C(CNCC1CC1)CC1CCC1. The third-order valence-corrected chi connectivity index (χ3v) is 3.19. The number of rotatable bonds is 6. The van der Waals surface area contributed by atoms with Gasteiger partial charge in [0, 0.05) is 6.42 Å². The second-order valence-corrected chi connectivity index (χ2v) is 4.61. The molecule has 0 aromatic rings. The van der Waals surface area contributed by atoms with Crippen molar-refractivity contribution >= 4 is 5.78 Å². The Labute approximate surface area is 80.1 Å². The van der Waals surface area contributed by atoms with Gasteiger partial charge in [0.2, 0.25) is 0 Å². The summed E-state index contributed by atoms with van der Waals surface area (Å²) in [6, 6.07) is 0. The maximum absolute atomic E-state index is 11.4. The Kier molecular flexibility index (Phi) is 2.99. The molecule has 0 unspecified atom stereocenters. The fourth-order valence-corrected chi connectivity index (χ4v) is 1.83. The van der Waals surface area contributed by atoms with E-state index in [1.165, 1.54) is 32.1 Å². The van der Waals surface area contributed by atoms with Crippen LogP contribution < -0.4 is 5.32 Å². The van der Waals surface area contributed by atoms with E-state index < -0.39 is 0 Å². The normalized spacial score (nSPS) is 22.8. The van der Waals surface area contributed by atoms with Gasteiger partial charge < -0.3 is 5.32 Å². The molecule has 2 aliphatic rings. The van der Waals surface area contributed by atoms with E-state index in [1.54, 1.807) is 0 Å². The average molecular weight is 181 g/mol. The fourth-order valence-electron chi connectivity index (χ4n) is 1.83. The summed E-state index contributed by atoms with van der Waals surface area (Å²) in [5.41, 5.74) is 0. The van der Waals surface area contributed by atoms with Gasteiger partial charge in [0.05, 0.1) is 6.54 Å². The van der Waals surface area contributed by atoms with E-state index in [0.717, 1.165) is 24.8 Å². The zero-order valence-corrected chi connectivity index (χ0v) is 8.22. The van der Waals surface area contributed by atoms with E-state index in [0.29, 0.717) is 12.3 Å². The van der Waals surface area contributed by atoms with E-state index in [4.69, 9.17) is 0 Å². The topological polar surface area (TPSA) is 29.1 Å². The van der Waals surface area contributed by atoms with Crippen LogP contribution in [0.5, 0.6) is 0 Å². The summed E-state index contributed by atoms with van der Waals surface area (Å²) >= 11 is 0. The lowest BCUT2D eigenvalue weighted by molar-refractivity contribution is -0.119. The molecule has 0 bridgehead atoms. The summed E-state index contributed by atoms with van der Waals surface area (Å²) < 4.78 is 0. The highest BCUT2D eigenvalue weighted by atomic mass is 16.1. The predicted octanol–water partition coefficient (Wildman–Crippen LogP) is 1.75. The van der Waals surface area contributed by atoms with E-state index >= 15 is 0 Å². The van der Waals surface area contributed by atoms with E-state index in [-0.39, 0.29) is 0 Å². The van der Waals surface area contributed by atoms with Crippen LogP contribution in [0.4, 0.5) is 0 Å². The molecule has 0 saturated heterocycles. The van der Waals surface area contributed by atoms with Gasteiger partial charge in [0.15, 0.2) is 0 Å². The Balaban J connectivity index is 1.49. The first-order valence-electron chi connectivity index (χ1n) is 5.57. The quantitative estimate of drug-likeness (QED) is 0.676. The molecule has 0 spiro atoms. The lowest BCUT2D eigenvalue weighted by atomic mass is 9.82. The van der Waals surface area contributed by atoms with Gasteiger partial charge in [0.25, 0.3) is 0 Å². The molecule has 0 aliphatic heterocycles. The molecule has 0 aromatic heterocycles. The highest BCUT2D eigenvalue weighted by Crippen LogP contribution is 2.29. The molecule has 1 N–H and O–H groups in total. The minimum Gasteiger partial charge on any atom is -0.310 e. The molecule has 0 radical (unpaired) electrons. The molecule has 2 aliphatic carbocycles. The van der Waals surface area contributed by atoms with Crippen LogP contribution in [0.25, 0.3) is 0 Å². The smallest absolute Gasteiger partial charge is 0.146 e. The van der Waals surface area contributed by atoms with Crippen LogP contribution in [0.1, 0.15) is 38.5 Å². The summed E-state index contributed by atoms with van der Waals surface area (Å²) in [6.07, 6.45) is 7.47. The van der Waals surface area contributed by atoms with Gasteiger partial charge >= 0.3 is 0 Å². The lowest BCUT2D eigenvalue weighted by Crippen LogP contribution is -2.27. The predicted molar refractivity (Wildman–Crippen MR) is 52.6 cm³/mol. The minimum absolute atomic E-state index is 0.422. The number of carbonyl (C=O) groups is 1. The van der Waals surface area contributed by atoms with Crippen molar-refractivity contribution in [2.75, 3.05) is 13.1 Å². The highest BCUT2D eigenvalue weighted by Gasteiger charge is 2.22. The van der Waals surface area contributed by atoms with Crippen molar-refractivity contribution in [1.82, 2.24) is 5.32 Å². The molecular weight excluding hydrogens is 162 g/mol. The van der Waals surface area contributed by atoms with Gasteiger partial charge in [-0.1, -0.05) is 19.3 Å². The van der Waals surface area contributed by atoms with Crippen LogP contribution in [0.3, 0.4) is 0 Å². The maximum Gasteiger partial charge on any atom is 0.146 e. The number of Topliss-reactive ketones (excluding diaryl/α,β-unsaturated/α-hetero) is 1. The van der Waals surface area contributed by atoms with Gasteiger partial charge in [-0.25, -0.2) is 0 Å². The van der Waals surface area contributed by atoms with Crippen LogP contribution in [0.2, 0.25) is 0 Å². The first-order valence-corrected chi connectivity index (χ1v) is 5.57.